The van der Waals surface area contributed by atoms with Crippen LogP contribution in [0.4, 0.5) is 0 Å². The Labute approximate surface area is 124 Å². The summed E-state index contributed by atoms with van der Waals surface area (Å²) in [6.07, 6.45) is 17.0. The maximum Gasteiger partial charge on any atom is 0.0603 e. The Bertz CT molecular complexity index is 318. The largest absolute Gasteiger partial charge is 0.375 e. The molecule has 114 valence electrons. The molecule has 1 heterocycles. The third kappa shape index (κ3) is 2.78. The van der Waals surface area contributed by atoms with Crippen molar-refractivity contribution in [2.24, 2.45) is 11.3 Å². The van der Waals surface area contributed by atoms with Gasteiger partial charge in [-0.15, -0.1) is 0 Å². The molecule has 0 amide bonds. The fourth-order valence-electron chi connectivity index (χ4n) is 4.87. The lowest BCUT2D eigenvalue weighted by Gasteiger charge is -2.54. The second kappa shape index (κ2) is 5.61. The summed E-state index contributed by atoms with van der Waals surface area (Å²) in [6.45, 7) is 3.93. The molecule has 2 heteroatoms. The Morgan fingerprint density at radius 1 is 0.900 bits per heavy atom. The van der Waals surface area contributed by atoms with E-state index in [2.05, 4.69) is 4.90 Å². The summed E-state index contributed by atoms with van der Waals surface area (Å²) in [4.78, 5) is 2.70. The molecule has 4 fully saturated rings. The maximum atomic E-state index is 6.16. The second-order valence-electron chi connectivity index (χ2n) is 8.15. The molecular formula is C18H31NO. The van der Waals surface area contributed by atoms with Crippen molar-refractivity contribution in [2.45, 2.75) is 82.8 Å². The zero-order chi connectivity index (χ0) is 13.4. The highest BCUT2D eigenvalue weighted by atomic mass is 16.5. The first-order chi connectivity index (χ1) is 9.81. The van der Waals surface area contributed by atoms with E-state index in [-0.39, 0.29) is 0 Å². The first kappa shape index (κ1) is 13.6. The molecule has 0 aromatic rings. The lowest BCUT2D eigenvalue weighted by atomic mass is 9.51. The quantitative estimate of drug-likeness (QED) is 0.753. The van der Waals surface area contributed by atoms with Crippen molar-refractivity contribution in [1.29, 1.82) is 0 Å². The monoisotopic (exact) mass is 277 g/mol. The predicted molar refractivity (Wildman–Crippen MR) is 81.8 cm³/mol. The number of ether oxygens (including phenoxy) is 1. The fraction of sp³-hybridized carbons (Fsp3) is 1.00. The van der Waals surface area contributed by atoms with Crippen LogP contribution in [0.25, 0.3) is 0 Å². The summed E-state index contributed by atoms with van der Waals surface area (Å²) in [6, 6.07) is 0. The molecule has 0 atom stereocenters. The Morgan fingerprint density at radius 3 is 2.15 bits per heavy atom. The Morgan fingerprint density at radius 2 is 1.60 bits per heavy atom. The van der Waals surface area contributed by atoms with Gasteiger partial charge in [0.15, 0.2) is 0 Å². The summed E-state index contributed by atoms with van der Waals surface area (Å²) in [5, 5.41) is 0. The van der Waals surface area contributed by atoms with Crippen molar-refractivity contribution < 1.29 is 4.74 Å². The molecule has 0 radical (unpaired) electrons. The summed E-state index contributed by atoms with van der Waals surface area (Å²) in [5.74, 6) is 1.07. The van der Waals surface area contributed by atoms with Crippen molar-refractivity contribution in [3.05, 3.63) is 0 Å². The van der Waals surface area contributed by atoms with Crippen LogP contribution in [0.5, 0.6) is 0 Å². The Kier molecular flexibility index (Phi) is 3.80. The van der Waals surface area contributed by atoms with E-state index in [1.165, 1.54) is 64.6 Å². The standard InChI is InChI=1S/C18H31NO/c1-3-16(4-1)20-17-6-11-19(12-7-17)10-5-15-13-18(14-15)8-2-9-18/h15-17H,1-14H2. The van der Waals surface area contributed by atoms with Gasteiger partial charge < -0.3 is 9.64 Å². The van der Waals surface area contributed by atoms with Gasteiger partial charge in [-0.3, -0.25) is 0 Å². The summed E-state index contributed by atoms with van der Waals surface area (Å²) in [7, 11) is 0. The molecule has 2 nitrogen and oxygen atoms in total. The van der Waals surface area contributed by atoms with E-state index in [9.17, 15) is 0 Å². The molecule has 0 bridgehead atoms. The van der Waals surface area contributed by atoms with Crippen LogP contribution in [0.15, 0.2) is 0 Å². The van der Waals surface area contributed by atoms with Gasteiger partial charge in [-0.1, -0.05) is 6.42 Å². The smallest absolute Gasteiger partial charge is 0.0603 e. The third-order valence-corrected chi connectivity index (χ3v) is 6.68. The number of likely N-dealkylation sites (tertiary alicyclic amines) is 1. The van der Waals surface area contributed by atoms with Gasteiger partial charge in [-0.05, 0) is 82.1 Å². The lowest BCUT2D eigenvalue weighted by Crippen LogP contribution is -2.45. The van der Waals surface area contributed by atoms with Gasteiger partial charge in [0.1, 0.15) is 0 Å². The van der Waals surface area contributed by atoms with E-state index < -0.39 is 0 Å². The van der Waals surface area contributed by atoms with E-state index in [1.807, 2.05) is 0 Å². The number of nitrogens with zero attached hydrogens (tertiary/aromatic N) is 1. The molecule has 1 saturated heterocycles. The maximum absolute atomic E-state index is 6.16. The normalized spacial score (nSPS) is 31.8. The molecule has 1 spiro atoms. The van der Waals surface area contributed by atoms with Crippen molar-refractivity contribution >= 4 is 0 Å². The molecule has 3 saturated carbocycles. The predicted octanol–water partition coefficient (Wildman–Crippen LogP) is 3.99. The number of hydrogen-bond acceptors (Lipinski definition) is 2. The van der Waals surface area contributed by atoms with Crippen LogP contribution in [-0.2, 0) is 4.74 Å². The van der Waals surface area contributed by atoms with E-state index in [4.69, 9.17) is 4.74 Å². The Hall–Kier alpha value is -0.0800. The minimum absolute atomic E-state index is 0.582. The van der Waals surface area contributed by atoms with E-state index in [0.717, 1.165) is 11.3 Å². The topological polar surface area (TPSA) is 12.5 Å². The molecule has 4 aliphatic rings. The molecule has 1 aliphatic heterocycles. The van der Waals surface area contributed by atoms with Crippen molar-refractivity contribution in [3.8, 4) is 0 Å². The van der Waals surface area contributed by atoms with Crippen LogP contribution >= 0.6 is 0 Å². The molecule has 0 unspecified atom stereocenters. The Balaban J connectivity index is 1.10. The minimum atomic E-state index is 0.582. The van der Waals surface area contributed by atoms with E-state index in [0.29, 0.717) is 12.2 Å². The first-order valence-corrected chi connectivity index (χ1v) is 9.19. The minimum Gasteiger partial charge on any atom is -0.375 e. The number of piperidine rings is 1. The van der Waals surface area contributed by atoms with Gasteiger partial charge in [0, 0.05) is 13.1 Å². The van der Waals surface area contributed by atoms with Gasteiger partial charge in [-0.2, -0.15) is 0 Å². The summed E-state index contributed by atoms with van der Waals surface area (Å²) < 4.78 is 6.16. The average molecular weight is 277 g/mol. The zero-order valence-corrected chi connectivity index (χ0v) is 13.0. The van der Waals surface area contributed by atoms with Gasteiger partial charge >= 0.3 is 0 Å². The first-order valence-electron chi connectivity index (χ1n) is 9.19. The molecule has 20 heavy (non-hydrogen) atoms. The van der Waals surface area contributed by atoms with Gasteiger partial charge in [0.05, 0.1) is 12.2 Å². The van der Waals surface area contributed by atoms with Crippen LogP contribution in [-0.4, -0.2) is 36.7 Å². The average Bonchev–Trinajstić information content (AvgIpc) is 2.32. The van der Waals surface area contributed by atoms with Crippen LogP contribution in [0, 0.1) is 11.3 Å². The molecule has 0 aromatic heterocycles. The highest BCUT2D eigenvalue weighted by molar-refractivity contribution is 4.99. The van der Waals surface area contributed by atoms with Crippen molar-refractivity contribution in [1.82, 2.24) is 4.90 Å². The SMILES string of the molecule is C1CC(OC2CCN(CCC3CC4(CCC4)C3)CC2)C1. The summed E-state index contributed by atoms with van der Waals surface area (Å²) >= 11 is 0. The highest BCUT2D eigenvalue weighted by Gasteiger charge is 2.47. The lowest BCUT2D eigenvalue weighted by molar-refractivity contribution is -0.0755. The number of rotatable bonds is 5. The van der Waals surface area contributed by atoms with Gasteiger partial charge in [0.2, 0.25) is 0 Å². The van der Waals surface area contributed by atoms with Crippen molar-refractivity contribution in [3.63, 3.8) is 0 Å². The molecular weight excluding hydrogens is 246 g/mol. The molecule has 3 aliphatic carbocycles. The molecule has 4 rings (SSSR count). The van der Waals surface area contributed by atoms with Crippen LogP contribution < -0.4 is 0 Å². The van der Waals surface area contributed by atoms with E-state index >= 15 is 0 Å². The van der Waals surface area contributed by atoms with Crippen LogP contribution in [0.3, 0.4) is 0 Å². The van der Waals surface area contributed by atoms with Gasteiger partial charge in [0.25, 0.3) is 0 Å². The van der Waals surface area contributed by atoms with Crippen LogP contribution in [0.1, 0.15) is 70.6 Å². The van der Waals surface area contributed by atoms with Crippen LogP contribution in [0.2, 0.25) is 0 Å². The summed E-state index contributed by atoms with van der Waals surface area (Å²) in [5.41, 5.74) is 0.869. The van der Waals surface area contributed by atoms with E-state index in [1.54, 1.807) is 25.7 Å². The zero-order valence-electron chi connectivity index (χ0n) is 13.0. The van der Waals surface area contributed by atoms with Crippen molar-refractivity contribution in [2.75, 3.05) is 19.6 Å². The highest BCUT2D eigenvalue weighted by Crippen LogP contribution is 2.59. The third-order valence-electron chi connectivity index (χ3n) is 6.68. The molecule has 0 N–H and O–H groups in total. The fourth-order valence-corrected chi connectivity index (χ4v) is 4.87. The van der Waals surface area contributed by atoms with Gasteiger partial charge in [-0.25, -0.2) is 0 Å². The number of hydrogen-bond donors (Lipinski definition) is 0. The molecule has 0 aromatic carbocycles. The second-order valence-corrected chi connectivity index (χ2v) is 8.15.